The summed E-state index contributed by atoms with van der Waals surface area (Å²) >= 11 is 0. The van der Waals surface area contributed by atoms with Gasteiger partial charge in [0.15, 0.2) is 0 Å². The fourth-order valence-corrected chi connectivity index (χ4v) is 12.5. The van der Waals surface area contributed by atoms with E-state index in [9.17, 15) is 0 Å². The van der Waals surface area contributed by atoms with Crippen molar-refractivity contribution in [2.45, 2.75) is 0 Å². The molecule has 0 atom stereocenters. The number of nitrogens with zero attached hydrogens (tertiary/aromatic N) is 2. The quantitative estimate of drug-likeness (QED) is 0.116. The molecule has 0 spiro atoms. The van der Waals surface area contributed by atoms with Crippen molar-refractivity contribution in [3.63, 3.8) is 0 Å². The summed E-state index contributed by atoms with van der Waals surface area (Å²) in [6, 6.07) is 110. The summed E-state index contributed by atoms with van der Waals surface area (Å²) in [5, 5.41) is 15.4. The topological polar surface area (TPSA) is 9.86 Å². The van der Waals surface area contributed by atoms with Crippen LogP contribution >= 0.6 is 0 Å². The average Bonchev–Trinajstić information content (AvgIpc) is 4.15. The SMILES string of the molecule is c1ccc(-c2c3ccccc3c(-c3ccc(-n4c5ccccc5c5ccccc54)cc3)c3ccccc23)cc1.c1ccc(-n2c3ccccc3c3cc(-c4ccc(-c5cc6ccccc6c6ccccc56)cc4)ccc32)cc1. The van der Waals surface area contributed by atoms with Crippen LogP contribution in [0.2, 0.25) is 0 Å². The lowest BCUT2D eigenvalue weighted by Crippen LogP contribution is -1.94. The lowest BCUT2D eigenvalue weighted by atomic mass is 9.86. The number of fused-ring (bicyclic) bond motifs is 11. The molecule has 0 bridgehead atoms. The first-order chi connectivity index (χ1) is 38.7. The first-order valence-corrected chi connectivity index (χ1v) is 26.9. The van der Waals surface area contributed by atoms with Crippen molar-refractivity contribution in [2.75, 3.05) is 0 Å². The van der Waals surface area contributed by atoms with E-state index in [1.807, 2.05) is 0 Å². The van der Waals surface area contributed by atoms with Crippen LogP contribution in [0.4, 0.5) is 0 Å². The van der Waals surface area contributed by atoms with Gasteiger partial charge in [0.25, 0.3) is 0 Å². The number of hydrogen-bond acceptors (Lipinski definition) is 0. The zero-order valence-corrected chi connectivity index (χ0v) is 42.8. The van der Waals surface area contributed by atoms with E-state index >= 15 is 0 Å². The van der Waals surface area contributed by atoms with Crippen molar-refractivity contribution in [3.05, 3.63) is 303 Å². The van der Waals surface area contributed by atoms with Crippen LogP contribution in [-0.2, 0) is 0 Å². The van der Waals surface area contributed by atoms with Crippen molar-refractivity contribution in [3.8, 4) is 55.9 Å². The molecule has 0 aliphatic heterocycles. The first kappa shape index (κ1) is 45.1. The van der Waals surface area contributed by atoms with Crippen LogP contribution in [0.1, 0.15) is 0 Å². The maximum absolute atomic E-state index is 2.38. The van der Waals surface area contributed by atoms with Crippen molar-refractivity contribution in [1.82, 2.24) is 9.13 Å². The van der Waals surface area contributed by atoms with Crippen molar-refractivity contribution < 1.29 is 0 Å². The number of aromatic nitrogens is 2. The highest BCUT2D eigenvalue weighted by molar-refractivity contribution is 6.22. The molecule has 0 unspecified atom stereocenters. The van der Waals surface area contributed by atoms with Gasteiger partial charge in [-0.3, -0.25) is 0 Å². The Labute approximate surface area is 452 Å². The lowest BCUT2D eigenvalue weighted by molar-refractivity contribution is 1.18. The van der Waals surface area contributed by atoms with Crippen LogP contribution in [0.5, 0.6) is 0 Å². The molecule has 0 saturated carbocycles. The predicted molar refractivity (Wildman–Crippen MR) is 333 cm³/mol. The van der Waals surface area contributed by atoms with Crippen LogP contribution in [-0.4, -0.2) is 9.13 Å². The fourth-order valence-electron chi connectivity index (χ4n) is 12.5. The molecule has 14 aromatic carbocycles. The van der Waals surface area contributed by atoms with Gasteiger partial charge in [-0.2, -0.15) is 0 Å². The average molecular weight is 991 g/mol. The molecule has 2 heterocycles. The Hall–Kier alpha value is -10.3. The minimum absolute atomic E-state index is 1.17. The standard InChI is InChI=1S/2C38H25N/c1-2-12-26(13-3-1)37-31-16-4-6-18-33(31)38(34-19-7-5-17-32(34)37)27-22-24-28(25-23-27)39-35-20-10-8-14-29(35)30-15-9-11-21-36(30)39;1-2-11-30(12-3-1)39-37-17-9-8-16-34(37)36-24-28(22-23-38(36)39)26-18-20-27(21-19-26)35-25-29-10-4-5-13-31(29)32-14-6-7-15-33(32)35/h2*1-25H. The molecule has 0 N–H and O–H groups in total. The van der Waals surface area contributed by atoms with Crippen molar-refractivity contribution >= 4 is 86.7 Å². The Bertz CT molecular complexity index is 4820. The zero-order chi connectivity index (χ0) is 51.5. The van der Waals surface area contributed by atoms with Gasteiger partial charge in [0, 0.05) is 32.9 Å². The maximum Gasteiger partial charge on any atom is 0.0541 e. The molecule has 0 amide bonds. The van der Waals surface area contributed by atoms with E-state index in [0.29, 0.717) is 0 Å². The molecule has 2 nitrogen and oxygen atoms in total. The summed E-state index contributed by atoms with van der Waals surface area (Å²) < 4.78 is 4.74. The van der Waals surface area contributed by atoms with E-state index in [0.717, 1.165) is 0 Å². The smallest absolute Gasteiger partial charge is 0.0541 e. The Balaban J connectivity index is 0.000000136. The Morgan fingerprint density at radius 3 is 1.09 bits per heavy atom. The zero-order valence-electron chi connectivity index (χ0n) is 42.8. The van der Waals surface area contributed by atoms with E-state index in [2.05, 4.69) is 312 Å². The Morgan fingerprint density at radius 1 is 0.179 bits per heavy atom. The van der Waals surface area contributed by atoms with Gasteiger partial charge in [-0.15, -0.1) is 0 Å². The first-order valence-electron chi connectivity index (χ1n) is 26.9. The van der Waals surface area contributed by atoms with Gasteiger partial charge < -0.3 is 9.13 Å². The number of benzene rings is 14. The molecule has 0 fully saturated rings. The third kappa shape index (κ3) is 7.49. The maximum atomic E-state index is 2.38. The summed E-state index contributed by atoms with van der Waals surface area (Å²) in [4.78, 5) is 0. The van der Waals surface area contributed by atoms with Crippen molar-refractivity contribution in [2.24, 2.45) is 0 Å². The largest absolute Gasteiger partial charge is 0.309 e. The van der Waals surface area contributed by atoms with Crippen LogP contribution in [0, 0.1) is 0 Å². The molecular weight excluding hydrogens is 941 g/mol. The van der Waals surface area contributed by atoms with Gasteiger partial charge in [0.2, 0.25) is 0 Å². The Kier molecular flexibility index (Phi) is 10.9. The van der Waals surface area contributed by atoms with E-state index < -0.39 is 0 Å². The molecule has 16 aromatic rings. The van der Waals surface area contributed by atoms with Crippen LogP contribution in [0.3, 0.4) is 0 Å². The summed E-state index contributed by atoms with van der Waals surface area (Å²) in [5.41, 5.74) is 17.3. The van der Waals surface area contributed by atoms with Gasteiger partial charge in [0.1, 0.15) is 0 Å². The fraction of sp³-hybridized carbons (Fsp3) is 0. The number of para-hydroxylation sites is 4. The van der Waals surface area contributed by atoms with Gasteiger partial charge in [-0.05, 0) is 148 Å². The second-order valence-electron chi connectivity index (χ2n) is 20.3. The molecule has 2 aromatic heterocycles. The lowest BCUT2D eigenvalue weighted by Gasteiger charge is -2.18. The third-order valence-electron chi connectivity index (χ3n) is 16.0. The summed E-state index contributed by atoms with van der Waals surface area (Å²) in [5.74, 6) is 0. The third-order valence-corrected chi connectivity index (χ3v) is 16.0. The predicted octanol–water partition coefficient (Wildman–Crippen LogP) is 20.8. The minimum Gasteiger partial charge on any atom is -0.309 e. The van der Waals surface area contributed by atoms with E-state index in [-0.39, 0.29) is 0 Å². The molecule has 0 aliphatic carbocycles. The van der Waals surface area contributed by atoms with Crippen molar-refractivity contribution in [1.29, 1.82) is 0 Å². The van der Waals surface area contributed by atoms with Crippen LogP contribution in [0.15, 0.2) is 303 Å². The van der Waals surface area contributed by atoms with E-state index in [4.69, 9.17) is 0 Å². The second-order valence-corrected chi connectivity index (χ2v) is 20.3. The number of hydrogen-bond donors (Lipinski definition) is 0. The van der Waals surface area contributed by atoms with E-state index in [1.54, 1.807) is 0 Å². The van der Waals surface area contributed by atoms with E-state index in [1.165, 1.54) is 143 Å². The summed E-state index contributed by atoms with van der Waals surface area (Å²) in [6.07, 6.45) is 0. The van der Waals surface area contributed by atoms with Gasteiger partial charge in [-0.1, -0.05) is 243 Å². The summed E-state index contributed by atoms with van der Waals surface area (Å²) in [7, 11) is 0. The van der Waals surface area contributed by atoms with Gasteiger partial charge >= 0.3 is 0 Å². The second kappa shape index (κ2) is 18.8. The molecule has 364 valence electrons. The van der Waals surface area contributed by atoms with Crippen LogP contribution in [0.25, 0.3) is 143 Å². The van der Waals surface area contributed by atoms with Gasteiger partial charge in [-0.25, -0.2) is 0 Å². The van der Waals surface area contributed by atoms with Gasteiger partial charge in [0.05, 0.1) is 22.1 Å². The molecule has 0 radical (unpaired) electrons. The molecule has 16 rings (SSSR count). The minimum atomic E-state index is 1.17. The molecular formula is C76H50N2. The highest BCUT2D eigenvalue weighted by Gasteiger charge is 2.18. The normalized spacial score (nSPS) is 11.6. The summed E-state index contributed by atoms with van der Waals surface area (Å²) in [6.45, 7) is 0. The monoisotopic (exact) mass is 990 g/mol. The molecule has 0 saturated heterocycles. The highest BCUT2D eigenvalue weighted by Crippen LogP contribution is 2.45. The number of rotatable bonds is 6. The molecule has 0 aliphatic rings. The Morgan fingerprint density at radius 2 is 0.538 bits per heavy atom. The molecule has 2 heteroatoms. The van der Waals surface area contributed by atoms with Crippen LogP contribution < -0.4 is 0 Å². The molecule has 78 heavy (non-hydrogen) atoms. The highest BCUT2D eigenvalue weighted by atomic mass is 15.0.